The molecule has 6 nitrogen and oxygen atoms in total. The van der Waals surface area contributed by atoms with Gasteiger partial charge in [0.2, 0.25) is 0 Å². The highest BCUT2D eigenvalue weighted by Gasteiger charge is 2.02. The number of allylic oxidation sites excluding steroid dienone is 1. The van der Waals surface area contributed by atoms with Crippen molar-refractivity contribution in [3.05, 3.63) is 12.7 Å². The molecule has 1 N–H and O–H groups in total. The van der Waals surface area contributed by atoms with E-state index in [0.29, 0.717) is 19.8 Å². The molecule has 0 amide bonds. The molecule has 0 heterocycles. The van der Waals surface area contributed by atoms with Gasteiger partial charge in [-0.1, -0.05) is 6.08 Å². The van der Waals surface area contributed by atoms with E-state index in [1.165, 1.54) is 0 Å². The number of unbranched alkanes of at least 4 members (excludes halogenated alkanes) is 1. The first kappa shape index (κ1) is 15.5. The van der Waals surface area contributed by atoms with Gasteiger partial charge in [-0.15, -0.1) is 6.58 Å². The van der Waals surface area contributed by atoms with Crippen LogP contribution in [0.4, 0.5) is 0 Å². The second-order valence-corrected chi connectivity index (χ2v) is 4.00. The summed E-state index contributed by atoms with van der Waals surface area (Å²) in [6, 6.07) is 0. The van der Waals surface area contributed by atoms with Gasteiger partial charge in [0.25, 0.3) is 0 Å². The van der Waals surface area contributed by atoms with Crippen molar-refractivity contribution in [3.63, 3.8) is 0 Å². The van der Waals surface area contributed by atoms with Gasteiger partial charge in [0, 0.05) is 6.61 Å². The molecule has 0 aliphatic rings. The molecule has 0 bridgehead atoms. The molecule has 0 aromatic carbocycles. The van der Waals surface area contributed by atoms with Crippen LogP contribution in [0, 0.1) is 0 Å². The summed E-state index contributed by atoms with van der Waals surface area (Å²) in [5.74, 6) is 0. The Hall–Kier alpha value is -0.470. The van der Waals surface area contributed by atoms with Gasteiger partial charge in [-0.3, -0.25) is 4.55 Å². The fourth-order valence-electron chi connectivity index (χ4n) is 0.850. The molecule has 0 aromatic heterocycles. The Morgan fingerprint density at radius 3 is 2.19 bits per heavy atom. The second kappa shape index (κ2) is 9.73. The van der Waals surface area contributed by atoms with Gasteiger partial charge in [0.1, 0.15) is 0 Å². The Morgan fingerprint density at radius 1 is 1.06 bits per heavy atom. The lowest BCUT2D eigenvalue weighted by Gasteiger charge is -2.04. The van der Waals surface area contributed by atoms with Crippen LogP contribution >= 0.6 is 0 Å². The summed E-state index contributed by atoms with van der Waals surface area (Å²) in [5, 5.41) is 0. The topological polar surface area (TPSA) is 82.1 Å². The van der Waals surface area contributed by atoms with E-state index in [9.17, 15) is 8.42 Å². The molecule has 0 radical (unpaired) electrons. The predicted molar refractivity (Wildman–Crippen MR) is 58.6 cm³/mol. The average molecular weight is 254 g/mol. The minimum absolute atomic E-state index is 0.0931. The maximum Gasteiger partial charge on any atom is 0.397 e. The summed E-state index contributed by atoms with van der Waals surface area (Å²) >= 11 is 0. The molecule has 0 aliphatic heterocycles. The van der Waals surface area contributed by atoms with Crippen molar-refractivity contribution in [2.75, 3.05) is 33.0 Å². The monoisotopic (exact) mass is 254 g/mol. The summed E-state index contributed by atoms with van der Waals surface area (Å²) in [7, 11) is -4.35. The Morgan fingerprint density at radius 2 is 1.62 bits per heavy atom. The van der Waals surface area contributed by atoms with Gasteiger partial charge < -0.3 is 9.47 Å². The minimum atomic E-state index is -4.35. The third kappa shape index (κ3) is 13.5. The van der Waals surface area contributed by atoms with Gasteiger partial charge in [-0.25, -0.2) is 4.18 Å². The first-order valence-electron chi connectivity index (χ1n) is 4.94. The summed E-state index contributed by atoms with van der Waals surface area (Å²) in [5.41, 5.74) is 0. The van der Waals surface area contributed by atoms with Crippen LogP contribution in [0.1, 0.15) is 12.8 Å². The zero-order chi connectivity index (χ0) is 12.3. The maximum atomic E-state index is 10.1. The van der Waals surface area contributed by atoms with E-state index in [1.807, 2.05) is 6.08 Å². The van der Waals surface area contributed by atoms with Crippen molar-refractivity contribution in [1.29, 1.82) is 0 Å². The Bertz CT molecular complexity index is 261. The maximum absolute atomic E-state index is 10.1. The third-order valence-electron chi connectivity index (χ3n) is 1.53. The first-order valence-corrected chi connectivity index (χ1v) is 6.31. The summed E-state index contributed by atoms with van der Waals surface area (Å²) < 4.78 is 42.7. The SMILES string of the molecule is C=CCCCOCCOCCOS(=O)(=O)O. The van der Waals surface area contributed by atoms with Crippen LogP contribution in [0.5, 0.6) is 0 Å². The number of rotatable bonds is 11. The molecule has 0 saturated carbocycles. The molecule has 0 saturated heterocycles. The van der Waals surface area contributed by atoms with E-state index in [2.05, 4.69) is 10.8 Å². The zero-order valence-corrected chi connectivity index (χ0v) is 9.95. The fourth-order valence-corrected chi connectivity index (χ4v) is 1.13. The zero-order valence-electron chi connectivity index (χ0n) is 9.13. The molecule has 0 fully saturated rings. The molecule has 7 heteroatoms. The average Bonchev–Trinajstić information content (AvgIpc) is 2.19. The van der Waals surface area contributed by atoms with Crippen LogP contribution in [-0.4, -0.2) is 46.0 Å². The molecule has 0 spiro atoms. The van der Waals surface area contributed by atoms with E-state index in [-0.39, 0.29) is 13.2 Å². The fraction of sp³-hybridized carbons (Fsp3) is 0.778. The van der Waals surface area contributed by atoms with E-state index < -0.39 is 10.4 Å². The Labute approximate surface area is 96.1 Å². The lowest BCUT2D eigenvalue weighted by atomic mass is 10.3. The molecule has 0 atom stereocenters. The smallest absolute Gasteiger partial charge is 0.379 e. The number of hydrogen-bond acceptors (Lipinski definition) is 5. The van der Waals surface area contributed by atoms with Crippen molar-refractivity contribution >= 4 is 10.4 Å². The van der Waals surface area contributed by atoms with Gasteiger partial charge >= 0.3 is 10.4 Å². The second-order valence-electron chi connectivity index (χ2n) is 2.91. The molecular weight excluding hydrogens is 236 g/mol. The van der Waals surface area contributed by atoms with Crippen molar-refractivity contribution < 1.29 is 26.6 Å². The quantitative estimate of drug-likeness (QED) is 0.334. The molecule has 96 valence electrons. The van der Waals surface area contributed by atoms with Crippen LogP contribution in [-0.2, 0) is 24.1 Å². The van der Waals surface area contributed by atoms with Gasteiger partial charge in [-0.2, -0.15) is 8.42 Å². The normalized spacial score (nSPS) is 11.6. The highest BCUT2D eigenvalue weighted by Crippen LogP contribution is 1.90. The first-order chi connectivity index (χ1) is 7.56. The lowest BCUT2D eigenvalue weighted by Crippen LogP contribution is -2.12. The highest BCUT2D eigenvalue weighted by molar-refractivity contribution is 7.80. The van der Waals surface area contributed by atoms with E-state index in [0.717, 1.165) is 12.8 Å². The number of ether oxygens (including phenoxy) is 2. The van der Waals surface area contributed by atoms with Crippen molar-refractivity contribution in [1.82, 2.24) is 0 Å². The van der Waals surface area contributed by atoms with E-state index in [1.54, 1.807) is 0 Å². The standard InChI is InChI=1S/C9H18O6S/c1-2-3-4-5-13-6-7-14-8-9-15-16(10,11)12/h2H,1,3-9H2,(H,10,11,12). The van der Waals surface area contributed by atoms with Crippen molar-refractivity contribution in [2.24, 2.45) is 0 Å². The molecule has 0 aromatic rings. The lowest BCUT2D eigenvalue weighted by molar-refractivity contribution is 0.0353. The van der Waals surface area contributed by atoms with Crippen LogP contribution in [0.2, 0.25) is 0 Å². The van der Waals surface area contributed by atoms with E-state index in [4.69, 9.17) is 14.0 Å². The van der Waals surface area contributed by atoms with Crippen LogP contribution in [0.15, 0.2) is 12.7 Å². The molecule has 16 heavy (non-hydrogen) atoms. The van der Waals surface area contributed by atoms with Crippen LogP contribution < -0.4 is 0 Å². The summed E-state index contributed by atoms with van der Waals surface area (Å²) in [6.45, 7) is 4.94. The van der Waals surface area contributed by atoms with Gasteiger partial charge in [0.05, 0.1) is 26.4 Å². The van der Waals surface area contributed by atoms with Crippen LogP contribution in [0.3, 0.4) is 0 Å². The van der Waals surface area contributed by atoms with Crippen molar-refractivity contribution in [3.8, 4) is 0 Å². The van der Waals surface area contributed by atoms with Gasteiger partial charge in [-0.05, 0) is 12.8 Å². The van der Waals surface area contributed by atoms with Crippen LogP contribution in [0.25, 0.3) is 0 Å². The summed E-state index contributed by atoms with van der Waals surface area (Å²) in [6.07, 6.45) is 3.67. The Balaban J connectivity index is 3.07. The van der Waals surface area contributed by atoms with E-state index >= 15 is 0 Å². The number of hydrogen-bond donors (Lipinski definition) is 1. The Kier molecular flexibility index (Phi) is 9.45. The predicted octanol–water partition coefficient (Wildman–Crippen LogP) is 0.805. The summed E-state index contributed by atoms with van der Waals surface area (Å²) in [4.78, 5) is 0. The molecule has 0 unspecified atom stereocenters. The highest BCUT2D eigenvalue weighted by atomic mass is 32.3. The van der Waals surface area contributed by atoms with Crippen molar-refractivity contribution in [2.45, 2.75) is 12.8 Å². The largest absolute Gasteiger partial charge is 0.397 e. The molecule has 0 rings (SSSR count). The molecular formula is C9H18O6S. The molecule has 0 aliphatic carbocycles. The van der Waals surface area contributed by atoms with Gasteiger partial charge in [0.15, 0.2) is 0 Å². The minimum Gasteiger partial charge on any atom is -0.379 e. The third-order valence-corrected chi connectivity index (χ3v) is 1.99.